The SMILES string of the molecule is CC1(C)Cc2c(C#N)cc(Br)n2C1. The first-order chi connectivity index (χ1) is 6.03. The lowest BCUT2D eigenvalue weighted by Gasteiger charge is -2.15. The molecule has 0 radical (unpaired) electrons. The second kappa shape index (κ2) is 2.62. The maximum atomic E-state index is 8.90. The van der Waals surface area contributed by atoms with E-state index in [-0.39, 0.29) is 0 Å². The minimum Gasteiger partial charge on any atom is -0.338 e. The molecular formula is C10H11BrN2. The number of halogens is 1. The van der Waals surface area contributed by atoms with Gasteiger partial charge < -0.3 is 4.57 Å². The van der Waals surface area contributed by atoms with E-state index in [2.05, 4.69) is 40.4 Å². The van der Waals surface area contributed by atoms with Gasteiger partial charge in [0.2, 0.25) is 0 Å². The summed E-state index contributed by atoms with van der Waals surface area (Å²) in [5.41, 5.74) is 2.29. The molecule has 0 unspecified atom stereocenters. The fraction of sp³-hybridized carbons (Fsp3) is 0.500. The molecule has 1 aliphatic heterocycles. The fourth-order valence-electron chi connectivity index (χ4n) is 1.95. The first-order valence-electron chi connectivity index (χ1n) is 4.31. The summed E-state index contributed by atoms with van der Waals surface area (Å²) in [5, 5.41) is 8.90. The summed E-state index contributed by atoms with van der Waals surface area (Å²) in [4.78, 5) is 0. The number of rotatable bonds is 0. The van der Waals surface area contributed by atoms with Gasteiger partial charge in [0.15, 0.2) is 0 Å². The highest BCUT2D eigenvalue weighted by Crippen LogP contribution is 2.37. The van der Waals surface area contributed by atoms with Crippen LogP contribution in [0.5, 0.6) is 0 Å². The van der Waals surface area contributed by atoms with E-state index in [4.69, 9.17) is 5.26 Å². The molecule has 0 saturated heterocycles. The Morgan fingerprint density at radius 1 is 1.62 bits per heavy atom. The van der Waals surface area contributed by atoms with Gasteiger partial charge in [0.05, 0.1) is 10.2 Å². The summed E-state index contributed by atoms with van der Waals surface area (Å²) < 4.78 is 3.23. The van der Waals surface area contributed by atoms with Crippen LogP contribution in [0.15, 0.2) is 10.7 Å². The van der Waals surface area contributed by atoms with Gasteiger partial charge in [-0.3, -0.25) is 0 Å². The van der Waals surface area contributed by atoms with Crippen molar-refractivity contribution in [1.29, 1.82) is 5.26 Å². The van der Waals surface area contributed by atoms with Crippen LogP contribution in [0, 0.1) is 16.7 Å². The van der Waals surface area contributed by atoms with E-state index in [9.17, 15) is 0 Å². The third-order valence-corrected chi connectivity index (χ3v) is 3.17. The molecule has 0 amide bonds. The van der Waals surface area contributed by atoms with E-state index < -0.39 is 0 Å². The normalized spacial score (nSPS) is 18.3. The summed E-state index contributed by atoms with van der Waals surface area (Å²) in [7, 11) is 0. The molecule has 0 aromatic carbocycles. The molecule has 2 rings (SSSR count). The van der Waals surface area contributed by atoms with Gasteiger partial charge in [-0.15, -0.1) is 0 Å². The fourth-order valence-corrected chi connectivity index (χ4v) is 2.52. The highest BCUT2D eigenvalue weighted by atomic mass is 79.9. The Kier molecular flexibility index (Phi) is 1.78. The lowest BCUT2D eigenvalue weighted by molar-refractivity contribution is 0.357. The van der Waals surface area contributed by atoms with Crippen molar-refractivity contribution in [2.75, 3.05) is 0 Å². The highest BCUT2D eigenvalue weighted by molar-refractivity contribution is 9.10. The van der Waals surface area contributed by atoms with Crippen molar-refractivity contribution in [1.82, 2.24) is 4.57 Å². The minimum atomic E-state index is 0.296. The zero-order valence-electron chi connectivity index (χ0n) is 7.76. The molecule has 0 fully saturated rings. The topological polar surface area (TPSA) is 28.7 Å². The van der Waals surface area contributed by atoms with Crippen molar-refractivity contribution in [2.24, 2.45) is 5.41 Å². The third kappa shape index (κ3) is 1.30. The standard InChI is InChI=1S/C10H11BrN2/c1-10(2)4-8-7(5-12)3-9(11)13(8)6-10/h3H,4,6H2,1-2H3. The second-order valence-corrected chi connectivity index (χ2v) is 5.18. The summed E-state index contributed by atoms with van der Waals surface area (Å²) in [6.45, 7) is 5.46. The molecule has 2 nitrogen and oxygen atoms in total. The molecule has 1 aromatic heterocycles. The second-order valence-electron chi connectivity index (χ2n) is 4.37. The molecule has 0 spiro atoms. The molecule has 3 heteroatoms. The smallest absolute Gasteiger partial charge is 0.101 e. The Hall–Kier alpha value is -0.750. The summed E-state index contributed by atoms with van der Waals surface area (Å²) in [5.74, 6) is 0. The van der Waals surface area contributed by atoms with Crippen LogP contribution in [0.4, 0.5) is 0 Å². The van der Waals surface area contributed by atoms with E-state index in [1.165, 1.54) is 5.69 Å². The molecule has 2 heterocycles. The Labute approximate surface area is 86.3 Å². The number of aromatic nitrogens is 1. The zero-order valence-corrected chi connectivity index (χ0v) is 9.35. The van der Waals surface area contributed by atoms with Gasteiger partial charge in [0.1, 0.15) is 6.07 Å². The van der Waals surface area contributed by atoms with Crippen LogP contribution >= 0.6 is 15.9 Å². The monoisotopic (exact) mass is 238 g/mol. The van der Waals surface area contributed by atoms with Crippen molar-refractivity contribution < 1.29 is 0 Å². The van der Waals surface area contributed by atoms with Crippen LogP contribution in [0.3, 0.4) is 0 Å². The van der Waals surface area contributed by atoms with Crippen LogP contribution in [0.1, 0.15) is 25.1 Å². The van der Waals surface area contributed by atoms with E-state index in [0.717, 1.165) is 23.1 Å². The molecule has 0 aliphatic carbocycles. The predicted molar refractivity (Wildman–Crippen MR) is 54.3 cm³/mol. The number of hydrogen-bond donors (Lipinski definition) is 0. The van der Waals surface area contributed by atoms with Crippen molar-refractivity contribution >= 4 is 15.9 Å². The maximum absolute atomic E-state index is 8.90. The molecule has 0 atom stereocenters. The van der Waals surface area contributed by atoms with Gasteiger partial charge in [0, 0.05) is 12.2 Å². The maximum Gasteiger partial charge on any atom is 0.101 e. The first-order valence-corrected chi connectivity index (χ1v) is 5.11. The van der Waals surface area contributed by atoms with Crippen LogP contribution in [0.25, 0.3) is 0 Å². The highest BCUT2D eigenvalue weighted by Gasteiger charge is 2.31. The molecule has 0 N–H and O–H groups in total. The van der Waals surface area contributed by atoms with Gasteiger partial charge in [-0.1, -0.05) is 13.8 Å². The number of nitrogens with zero attached hydrogens (tertiary/aromatic N) is 2. The average Bonchev–Trinajstić information content (AvgIpc) is 2.47. The van der Waals surface area contributed by atoms with E-state index in [0.29, 0.717) is 5.41 Å². The van der Waals surface area contributed by atoms with Crippen LogP contribution in [0.2, 0.25) is 0 Å². The van der Waals surface area contributed by atoms with Crippen molar-refractivity contribution in [2.45, 2.75) is 26.8 Å². The third-order valence-electron chi connectivity index (χ3n) is 2.51. The van der Waals surface area contributed by atoms with Gasteiger partial charge in [-0.05, 0) is 33.8 Å². The van der Waals surface area contributed by atoms with E-state index in [1.54, 1.807) is 0 Å². The van der Waals surface area contributed by atoms with Crippen LogP contribution in [-0.4, -0.2) is 4.57 Å². The van der Waals surface area contributed by atoms with Gasteiger partial charge in [-0.25, -0.2) is 0 Å². The van der Waals surface area contributed by atoms with Gasteiger partial charge in [0.25, 0.3) is 0 Å². The summed E-state index contributed by atoms with van der Waals surface area (Å²) in [6.07, 6.45) is 1.00. The molecular weight excluding hydrogens is 228 g/mol. The minimum absolute atomic E-state index is 0.296. The number of hydrogen-bond acceptors (Lipinski definition) is 1. The zero-order chi connectivity index (χ0) is 9.64. The molecule has 0 bridgehead atoms. The predicted octanol–water partition coefficient (Wildman–Crippen LogP) is 2.70. The van der Waals surface area contributed by atoms with Gasteiger partial charge >= 0.3 is 0 Å². The lowest BCUT2D eigenvalue weighted by Crippen LogP contribution is -2.12. The quantitative estimate of drug-likeness (QED) is 0.684. The Bertz CT molecular complexity index is 396. The average molecular weight is 239 g/mol. The molecule has 0 saturated carbocycles. The first kappa shape index (κ1) is 8.83. The Morgan fingerprint density at radius 3 is 2.92 bits per heavy atom. The Balaban J connectivity index is 2.54. The lowest BCUT2D eigenvalue weighted by atomic mass is 9.90. The molecule has 1 aliphatic rings. The molecule has 13 heavy (non-hydrogen) atoms. The Morgan fingerprint density at radius 2 is 2.31 bits per heavy atom. The number of nitriles is 1. The van der Waals surface area contributed by atoms with Crippen molar-refractivity contribution in [3.63, 3.8) is 0 Å². The molecule has 1 aromatic rings. The van der Waals surface area contributed by atoms with Crippen molar-refractivity contribution in [3.8, 4) is 6.07 Å². The van der Waals surface area contributed by atoms with Crippen LogP contribution < -0.4 is 0 Å². The summed E-state index contributed by atoms with van der Waals surface area (Å²) in [6, 6.07) is 4.14. The van der Waals surface area contributed by atoms with Gasteiger partial charge in [-0.2, -0.15) is 5.26 Å². The number of fused-ring (bicyclic) bond motifs is 1. The van der Waals surface area contributed by atoms with E-state index >= 15 is 0 Å². The van der Waals surface area contributed by atoms with E-state index in [1.807, 2.05) is 6.07 Å². The van der Waals surface area contributed by atoms with Crippen molar-refractivity contribution in [3.05, 3.63) is 21.9 Å². The molecule has 68 valence electrons. The largest absolute Gasteiger partial charge is 0.338 e. The van der Waals surface area contributed by atoms with Crippen LogP contribution in [-0.2, 0) is 13.0 Å². The summed E-state index contributed by atoms with van der Waals surface area (Å²) >= 11 is 3.47.